The molecule has 1 aromatic heterocycles. The smallest absolute Gasteiger partial charge is 0.338 e. The minimum atomic E-state index is -0.717. The number of thiazole rings is 1. The van der Waals surface area contributed by atoms with E-state index in [1.165, 1.54) is 11.3 Å². The predicted molar refractivity (Wildman–Crippen MR) is 147 cm³/mol. The Morgan fingerprint density at radius 1 is 1.11 bits per heavy atom. The lowest BCUT2D eigenvalue weighted by atomic mass is 9.95. The van der Waals surface area contributed by atoms with Gasteiger partial charge in [0, 0.05) is 0 Å². The number of carbonyl (C=O) groups excluding carboxylic acids is 1. The van der Waals surface area contributed by atoms with E-state index in [0.717, 1.165) is 16.7 Å². The first-order valence-corrected chi connectivity index (χ1v) is 12.9. The van der Waals surface area contributed by atoms with Gasteiger partial charge in [0.15, 0.2) is 16.3 Å². The van der Waals surface area contributed by atoms with Crippen molar-refractivity contribution in [3.63, 3.8) is 0 Å². The summed E-state index contributed by atoms with van der Waals surface area (Å²) in [6.45, 7) is 9.66. The van der Waals surface area contributed by atoms with Crippen molar-refractivity contribution in [3.05, 3.63) is 96.7 Å². The second kappa shape index (κ2) is 11.5. The number of hydrogen-bond donors (Lipinski definition) is 0. The zero-order chi connectivity index (χ0) is 27.4. The molecule has 4 rings (SSSR count). The van der Waals surface area contributed by atoms with Crippen molar-refractivity contribution in [1.82, 2.24) is 4.57 Å². The molecule has 0 radical (unpaired) electrons. The molecule has 1 atom stereocenters. The fourth-order valence-electron chi connectivity index (χ4n) is 4.31. The van der Waals surface area contributed by atoms with Crippen molar-refractivity contribution < 1.29 is 23.7 Å². The Balaban J connectivity index is 1.90. The van der Waals surface area contributed by atoms with Gasteiger partial charge in [-0.1, -0.05) is 42.2 Å². The summed E-state index contributed by atoms with van der Waals surface area (Å²) in [6, 6.07) is 10.4. The largest absolute Gasteiger partial charge is 0.496 e. The molecule has 0 fully saturated rings. The van der Waals surface area contributed by atoms with Crippen LogP contribution in [0.1, 0.15) is 36.6 Å². The number of nitrogens with zero attached hydrogens (tertiary/aromatic N) is 2. The number of carbonyl (C=O) groups is 1. The fraction of sp³-hybridized carbons (Fsp3) is 0.276. The van der Waals surface area contributed by atoms with E-state index in [1.807, 2.05) is 31.2 Å². The third-order valence-corrected chi connectivity index (χ3v) is 7.09. The van der Waals surface area contributed by atoms with Crippen LogP contribution in [-0.2, 0) is 9.53 Å². The van der Waals surface area contributed by atoms with E-state index in [-0.39, 0.29) is 12.2 Å². The van der Waals surface area contributed by atoms with Gasteiger partial charge in [-0.05, 0) is 61.7 Å². The Kier molecular flexibility index (Phi) is 8.16. The van der Waals surface area contributed by atoms with Gasteiger partial charge in [-0.2, -0.15) is 0 Å². The van der Waals surface area contributed by atoms with Gasteiger partial charge in [-0.15, -0.1) is 0 Å². The van der Waals surface area contributed by atoms with Gasteiger partial charge in [0.25, 0.3) is 5.56 Å². The maximum absolute atomic E-state index is 13.8. The minimum Gasteiger partial charge on any atom is -0.496 e. The molecule has 0 aliphatic carbocycles. The summed E-state index contributed by atoms with van der Waals surface area (Å²) in [6.07, 6.45) is 3.43. The van der Waals surface area contributed by atoms with E-state index in [2.05, 4.69) is 11.6 Å². The molecular formula is C29H30N2O6S. The number of hydrogen-bond acceptors (Lipinski definition) is 8. The van der Waals surface area contributed by atoms with Gasteiger partial charge in [-0.25, -0.2) is 9.79 Å². The number of ether oxygens (including phenoxy) is 4. The summed E-state index contributed by atoms with van der Waals surface area (Å²) in [5, 5.41) is 0. The lowest BCUT2D eigenvalue weighted by Gasteiger charge is -2.25. The molecule has 0 saturated carbocycles. The number of aryl methyl sites for hydroxylation is 1. The van der Waals surface area contributed by atoms with E-state index < -0.39 is 12.0 Å². The van der Waals surface area contributed by atoms with Crippen LogP contribution in [0, 0.1) is 6.92 Å². The first kappa shape index (κ1) is 26.9. The molecule has 198 valence electrons. The third-order valence-electron chi connectivity index (χ3n) is 6.11. The number of rotatable bonds is 9. The van der Waals surface area contributed by atoms with Gasteiger partial charge in [-0.3, -0.25) is 9.36 Å². The highest BCUT2D eigenvalue weighted by atomic mass is 32.1. The molecule has 0 N–H and O–H groups in total. The molecule has 0 unspecified atom stereocenters. The quantitative estimate of drug-likeness (QED) is 0.307. The lowest BCUT2D eigenvalue weighted by Crippen LogP contribution is -2.40. The molecule has 1 aliphatic rings. The number of methoxy groups -OCH3 is 2. The van der Waals surface area contributed by atoms with Crippen molar-refractivity contribution in [1.29, 1.82) is 0 Å². The summed E-state index contributed by atoms with van der Waals surface area (Å²) in [5.74, 6) is 1.27. The van der Waals surface area contributed by atoms with Crippen molar-refractivity contribution >= 4 is 23.4 Å². The molecular weight excluding hydrogens is 504 g/mol. The standard InChI is InChI=1S/C29H30N2O6S/c1-7-13-37-21-12-10-19(14-23(21)35-6)15-24-27(32)31-26(20-11-9-17(3)22(16-20)34-5)25(28(33)36-8-2)18(4)30-29(31)38-24/h7,9-12,14-16,26H,1,8,13H2,2-6H3/b24-15+/t26-/m1/s1. The third kappa shape index (κ3) is 5.15. The summed E-state index contributed by atoms with van der Waals surface area (Å²) in [7, 11) is 3.15. The van der Waals surface area contributed by atoms with Crippen LogP contribution in [0.5, 0.6) is 17.2 Å². The number of esters is 1. The zero-order valence-corrected chi connectivity index (χ0v) is 22.9. The molecule has 2 aromatic carbocycles. The van der Waals surface area contributed by atoms with Crippen LogP contribution in [0.15, 0.2) is 70.1 Å². The summed E-state index contributed by atoms with van der Waals surface area (Å²) < 4.78 is 24.0. The molecule has 38 heavy (non-hydrogen) atoms. The average molecular weight is 535 g/mol. The minimum absolute atomic E-state index is 0.207. The van der Waals surface area contributed by atoms with Crippen LogP contribution in [-0.4, -0.2) is 38.0 Å². The monoisotopic (exact) mass is 534 g/mol. The number of benzene rings is 2. The normalized spacial score (nSPS) is 15.0. The summed E-state index contributed by atoms with van der Waals surface area (Å²) in [4.78, 5) is 32.0. The molecule has 1 aliphatic heterocycles. The van der Waals surface area contributed by atoms with Gasteiger partial charge in [0.05, 0.1) is 42.7 Å². The van der Waals surface area contributed by atoms with Crippen molar-refractivity contribution in [3.8, 4) is 17.2 Å². The van der Waals surface area contributed by atoms with Gasteiger partial charge in [0.1, 0.15) is 12.4 Å². The Morgan fingerprint density at radius 3 is 2.55 bits per heavy atom. The lowest BCUT2D eigenvalue weighted by molar-refractivity contribution is -0.139. The Morgan fingerprint density at radius 2 is 1.87 bits per heavy atom. The molecule has 0 saturated heterocycles. The van der Waals surface area contributed by atoms with E-state index in [0.29, 0.717) is 44.5 Å². The maximum atomic E-state index is 13.8. The van der Waals surface area contributed by atoms with Crippen molar-refractivity contribution in [2.45, 2.75) is 26.8 Å². The Bertz CT molecular complexity index is 1600. The Labute approximate surface area is 224 Å². The maximum Gasteiger partial charge on any atom is 0.338 e. The van der Waals surface area contributed by atoms with Gasteiger partial charge in [0.2, 0.25) is 0 Å². The van der Waals surface area contributed by atoms with Crippen LogP contribution in [0.4, 0.5) is 0 Å². The number of fused-ring (bicyclic) bond motifs is 1. The second-order valence-electron chi connectivity index (χ2n) is 8.54. The van der Waals surface area contributed by atoms with E-state index in [4.69, 9.17) is 18.9 Å². The molecule has 9 heteroatoms. The molecule has 3 aromatic rings. The Hall–Kier alpha value is -4.11. The highest BCUT2D eigenvalue weighted by molar-refractivity contribution is 7.07. The first-order chi connectivity index (χ1) is 18.3. The number of aromatic nitrogens is 1. The molecule has 0 spiro atoms. The molecule has 0 amide bonds. The second-order valence-corrected chi connectivity index (χ2v) is 9.55. The molecule has 2 heterocycles. The predicted octanol–water partition coefficient (Wildman–Crippen LogP) is 3.69. The van der Waals surface area contributed by atoms with Gasteiger partial charge >= 0.3 is 5.97 Å². The molecule has 0 bridgehead atoms. The zero-order valence-electron chi connectivity index (χ0n) is 22.1. The molecule has 8 nitrogen and oxygen atoms in total. The van der Waals surface area contributed by atoms with E-state index in [1.54, 1.807) is 56.9 Å². The van der Waals surface area contributed by atoms with Gasteiger partial charge < -0.3 is 18.9 Å². The van der Waals surface area contributed by atoms with Crippen molar-refractivity contribution in [2.24, 2.45) is 4.99 Å². The van der Waals surface area contributed by atoms with Crippen molar-refractivity contribution in [2.75, 3.05) is 27.4 Å². The first-order valence-electron chi connectivity index (χ1n) is 12.1. The van der Waals surface area contributed by atoms with E-state index in [9.17, 15) is 9.59 Å². The topological polar surface area (TPSA) is 88.4 Å². The van der Waals surface area contributed by atoms with Crippen LogP contribution in [0.25, 0.3) is 6.08 Å². The van der Waals surface area contributed by atoms with Crippen LogP contribution < -0.4 is 29.1 Å². The SMILES string of the molecule is C=CCOc1ccc(/C=c2/sc3n(c2=O)[C@H](c2ccc(C)c(OC)c2)C(C(=O)OCC)=C(C)N=3)cc1OC. The summed E-state index contributed by atoms with van der Waals surface area (Å²) in [5.41, 5.74) is 2.99. The van der Waals surface area contributed by atoms with E-state index >= 15 is 0 Å². The number of allylic oxidation sites excluding steroid dienone is 1. The average Bonchev–Trinajstić information content (AvgIpc) is 3.21. The highest BCUT2D eigenvalue weighted by Gasteiger charge is 2.33. The fourth-order valence-corrected chi connectivity index (χ4v) is 5.35. The van der Waals surface area contributed by atoms with Crippen LogP contribution in [0.2, 0.25) is 0 Å². The highest BCUT2D eigenvalue weighted by Crippen LogP contribution is 2.33. The summed E-state index contributed by atoms with van der Waals surface area (Å²) >= 11 is 1.26. The van der Waals surface area contributed by atoms with Crippen LogP contribution >= 0.6 is 11.3 Å². The van der Waals surface area contributed by atoms with Crippen LogP contribution in [0.3, 0.4) is 0 Å².